The zero-order chi connectivity index (χ0) is 25.7. The summed E-state index contributed by atoms with van der Waals surface area (Å²) in [5, 5.41) is 5.82. The monoisotopic (exact) mass is 516 g/mol. The molecule has 4 aromatic rings. The molecule has 0 unspecified atom stereocenters. The van der Waals surface area contributed by atoms with Crippen LogP contribution < -0.4 is 4.90 Å². The number of fused-ring (bicyclic) bond motifs is 1. The van der Waals surface area contributed by atoms with Crippen LogP contribution in [0, 0.1) is 20.8 Å². The lowest BCUT2D eigenvalue weighted by atomic mass is 10.2. The van der Waals surface area contributed by atoms with E-state index in [2.05, 4.69) is 36.1 Å². The highest BCUT2D eigenvalue weighted by molar-refractivity contribution is 7.89. The first-order valence-electron chi connectivity index (χ1n) is 13.0. The largest absolute Gasteiger partial charge is 0.355 e. The van der Waals surface area contributed by atoms with Crippen molar-refractivity contribution < 1.29 is 8.42 Å². The van der Waals surface area contributed by atoms with Gasteiger partial charge < -0.3 is 4.90 Å². The van der Waals surface area contributed by atoms with Crippen LogP contribution in [0.5, 0.6) is 0 Å². The van der Waals surface area contributed by atoms with Gasteiger partial charge in [0.2, 0.25) is 10.0 Å². The van der Waals surface area contributed by atoms with E-state index in [1.807, 2.05) is 30.7 Å². The zero-order valence-corrected chi connectivity index (χ0v) is 22.4. The van der Waals surface area contributed by atoms with Crippen molar-refractivity contribution in [3.05, 3.63) is 71.2 Å². The highest BCUT2D eigenvalue weighted by Crippen LogP contribution is 2.40. The van der Waals surface area contributed by atoms with Gasteiger partial charge in [-0.3, -0.25) is 0 Å². The molecule has 2 fully saturated rings. The van der Waals surface area contributed by atoms with Crippen LogP contribution in [-0.2, 0) is 10.0 Å². The lowest BCUT2D eigenvalue weighted by Crippen LogP contribution is -2.35. The van der Waals surface area contributed by atoms with Crippen molar-refractivity contribution in [1.29, 1.82) is 0 Å². The predicted octanol–water partition coefficient (Wildman–Crippen LogP) is 4.52. The minimum absolute atomic E-state index is 0.349. The minimum atomic E-state index is -3.55. The van der Waals surface area contributed by atoms with Gasteiger partial charge in [-0.2, -0.15) is 9.40 Å². The van der Waals surface area contributed by atoms with E-state index in [0.717, 1.165) is 65.4 Å². The van der Waals surface area contributed by atoms with Crippen LogP contribution >= 0.6 is 0 Å². The molecule has 0 N–H and O–H groups in total. The van der Waals surface area contributed by atoms with Crippen LogP contribution in [0.15, 0.2) is 53.4 Å². The summed E-state index contributed by atoms with van der Waals surface area (Å²) in [6.45, 7) is 8.22. The fourth-order valence-corrected chi connectivity index (χ4v) is 6.47. The summed E-state index contributed by atoms with van der Waals surface area (Å²) in [5.74, 6) is 2.12. The van der Waals surface area contributed by atoms with Crippen molar-refractivity contribution in [3.8, 4) is 5.69 Å². The fraction of sp³-hybridized carbons (Fsp3) is 0.393. The van der Waals surface area contributed by atoms with Crippen LogP contribution in [0.4, 0.5) is 5.82 Å². The van der Waals surface area contributed by atoms with Crippen molar-refractivity contribution in [2.75, 3.05) is 31.1 Å². The van der Waals surface area contributed by atoms with Crippen LogP contribution in [0.3, 0.4) is 0 Å². The average Bonchev–Trinajstić information content (AvgIpc) is 3.71. The zero-order valence-electron chi connectivity index (χ0n) is 21.6. The normalized spacial score (nSPS) is 17.3. The Balaban J connectivity index is 1.36. The fourth-order valence-electron chi connectivity index (χ4n) is 5.00. The molecule has 1 saturated carbocycles. The number of sulfonamides is 1. The Kier molecular flexibility index (Phi) is 6.00. The van der Waals surface area contributed by atoms with Crippen molar-refractivity contribution in [2.45, 2.75) is 50.8 Å². The van der Waals surface area contributed by atoms with Gasteiger partial charge in [-0.1, -0.05) is 35.4 Å². The molecule has 1 aliphatic carbocycles. The second-order valence-electron chi connectivity index (χ2n) is 10.3. The molecule has 3 heterocycles. The molecule has 0 amide bonds. The van der Waals surface area contributed by atoms with E-state index in [1.165, 1.54) is 5.56 Å². The molecule has 1 aliphatic heterocycles. The molecular formula is C28H32N6O2S. The van der Waals surface area contributed by atoms with Gasteiger partial charge >= 0.3 is 0 Å². The van der Waals surface area contributed by atoms with E-state index in [-0.39, 0.29) is 0 Å². The third kappa shape index (κ3) is 4.51. The van der Waals surface area contributed by atoms with Crippen LogP contribution in [-0.4, -0.2) is 58.7 Å². The standard InChI is InChI=1S/C28H32N6O2S/c1-19-5-11-23(12-6-19)34-28-25(21(3)31-34)27(29-26(30-28)22-9-10-22)32-15-4-16-33(18-17-32)37(35,36)24-13-7-20(2)8-14-24/h5-8,11-14,22H,4,9-10,15-18H2,1-3H3. The molecular weight excluding hydrogens is 484 g/mol. The summed E-state index contributed by atoms with van der Waals surface area (Å²) in [5.41, 5.74) is 4.91. The maximum Gasteiger partial charge on any atom is 0.243 e. The summed E-state index contributed by atoms with van der Waals surface area (Å²) in [7, 11) is -3.55. The first-order valence-corrected chi connectivity index (χ1v) is 14.4. The van der Waals surface area contributed by atoms with E-state index in [0.29, 0.717) is 30.4 Å². The molecule has 6 rings (SSSR count). The summed E-state index contributed by atoms with van der Waals surface area (Å²) in [6.07, 6.45) is 2.93. The Hall–Kier alpha value is -3.30. The van der Waals surface area contributed by atoms with Gasteiger partial charge in [-0.15, -0.1) is 0 Å². The van der Waals surface area contributed by atoms with Crippen LogP contribution in [0.1, 0.15) is 47.8 Å². The second-order valence-corrected chi connectivity index (χ2v) is 12.2. The van der Waals surface area contributed by atoms with Gasteiger partial charge in [-0.05, 0) is 64.3 Å². The Morgan fingerprint density at radius 2 is 1.49 bits per heavy atom. The third-order valence-electron chi connectivity index (χ3n) is 7.33. The summed E-state index contributed by atoms with van der Waals surface area (Å²) in [6, 6.07) is 15.4. The number of aryl methyl sites for hydroxylation is 3. The molecule has 0 bridgehead atoms. The van der Waals surface area contributed by atoms with Crippen LogP contribution in [0.2, 0.25) is 0 Å². The third-order valence-corrected chi connectivity index (χ3v) is 9.25. The maximum absolute atomic E-state index is 13.4. The van der Waals surface area contributed by atoms with Crippen LogP contribution in [0.25, 0.3) is 16.7 Å². The number of anilines is 1. The number of rotatable bonds is 5. The highest BCUT2D eigenvalue weighted by atomic mass is 32.2. The topological polar surface area (TPSA) is 84.2 Å². The molecule has 2 aromatic carbocycles. The van der Waals surface area contributed by atoms with Gasteiger partial charge in [0, 0.05) is 32.1 Å². The van der Waals surface area contributed by atoms with E-state index in [1.54, 1.807) is 16.4 Å². The van der Waals surface area contributed by atoms with Crippen molar-refractivity contribution in [1.82, 2.24) is 24.1 Å². The smallest absolute Gasteiger partial charge is 0.243 e. The van der Waals surface area contributed by atoms with Gasteiger partial charge in [0.05, 0.1) is 21.7 Å². The van der Waals surface area contributed by atoms with Crippen molar-refractivity contribution in [2.24, 2.45) is 0 Å². The van der Waals surface area contributed by atoms with Gasteiger partial charge in [-0.25, -0.2) is 23.1 Å². The minimum Gasteiger partial charge on any atom is -0.355 e. The average molecular weight is 517 g/mol. The predicted molar refractivity (Wildman–Crippen MR) is 145 cm³/mol. The van der Waals surface area contributed by atoms with Crippen molar-refractivity contribution in [3.63, 3.8) is 0 Å². The molecule has 8 nitrogen and oxygen atoms in total. The van der Waals surface area contributed by atoms with Crippen molar-refractivity contribution >= 4 is 26.9 Å². The lowest BCUT2D eigenvalue weighted by Gasteiger charge is -2.24. The molecule has 9 heteroatoms. The second kappa shape index (κ2) is 9.22. The Morgan fingerprint density at radius 3 is 2.16 bits per heavy atom. The van der Waals surface area contributed by atoms with Gasteiger partial charge in [0.25, 0.3) is 0 Å². The van der Waals surface area contributed by atoms with E-state index >= 15 is 0 Å². The molecule has 0 radical (unpaired) electrons. The Morgan fingerprint density at radius 1 is 0.811 bits per heavy atom. The number of hydrogen-bond acceptors (Lipinski definition) is 6. The highest BCUT2D eigenvalue weighted by Gasteiger charge is 2.32. The number of benzene rings is 2. The van der Waals surface area contributed by atoms with E-state index in [4.69, 9.17) is 15.1 Å². The maximum atomic E-state index is 13.4. The molecule has 1 saturated heterocycles. The lowest BCUT2D eigenvalue weighted by molar-refractivity contribution is 0.433. The summed E-state index contributed by atoms with van der Waals surface area (Å²) in [4.78, 5) is 12.6. The number of aromatic nitrogens is 4. The Bertz CT molecular complexity index is 1560. The molecule has 2 aliphatic rings. The molecule has 2 aromatic heterocycles. The Labute approximate surface area is 218 Å². The molecule has 0 spiro atoms. The molecule has 0 atom stereocenters. The summed E-state index contributed by atoms with van der Waals surface area (Å²) < 4.78 is 30.3. The molecule has 37 heavy (non-hydrogen) atoms. The SMILES string of the molecule is Cc1ccc(-n2nc(C)c3c(N4CCCN(S(=O)(=O)c5ccc(C)cc5)CC4)nc(C4CC4)nc32)cc1. The van der Waals surface area contributed by atoms with Gasteiger partial charge in [0.15, 0.2) is 5.65 Å². The quantitative estimate of drug-likeness (QED) is 0.388. The number of nitrogens with zero attached hydrogens (tertiary/aromatic N) is 6. The molecule has 192 valence electrons. The summed E-state index contributed by atoms with van der Waals surface area (Å²) >= 11 is 0. The van der Waals surface area contributed by atoms with E-state index < -0.39 is 10.0 Å². The first kappa shape index (κ1) is 24.1. The number of hydrogen-bond donors (Lipinski definition) is 0. The van der Waals surface area contributed by atoms with E-state index in [9.17, 15) is 8.42 Å². The first-order chi connectivity index (χ1) is 17.8. The van der Waals surface area contributed by atoms with Gasteiger partial charge in [0.1, 0.15) is 11.6 Å².